The second-order valence-electron chi connectivity index (χ2n) is 5.66. The molecule has 96 valence electrons. The molecule has 1 fully saturated rings. The third kappa shape index (κ3) is 3.54. The van der Waals surface area contributed by atoms with Gasteiger partial charge in [0.05, 0.1) is 11.8 Å². The van der Waals surface area contributed by atoms with Crippen LogP contribution >= 0.6 is 0 Å². The summed E-state index contributed by atoms with van der Waals surface area (Å²) < 4.78 is 11.0. The fraction of sp³-hybridized carbons (Fsp3) is 0.769. The second-order valence-corrected chi connectivity index (χ2v) is 5.66. The Bertz CT molecular complexity index is 350. The summed E-state index contributed by atoms with van der Waals surface area (Å²) in [5.74, 6) is 0.773. The van der Waals surface area contributed by atoms with E-state index >= 15 is 0 Å². The fourth-order valence-corrected chi connectivity index (χ4v) is 2.26. The van der Waals surface area contributed by atoms with Crippen molar-refractivity contribution < 1.29 is 9.26 Å². The lowest BCUT2D eigenvalue weighted by atomic mass is 9.76. The van der Waals surface area contributed by atoms with Gasteiger partial charge in [-0.05, 0) is 31.1 Å². The maximum Gasteiger partial charge on any atom is 0.162 e. The molecule has 4 heteroatoms. The van der Waals surface area contributed by atoms with Crippen LogP contribution in [0.2, 0.25) is 0 Å². The molecule has 0 unspecified atom stereocenters. The van der Waals surface area contributed by atoms with E-state index in [1.54, 1.807) is 0 Å². The molecule has 1 aromatic rings. The first-order chi connectivity index (χ1) is 8.09. The van der Waals surface area contributed by atoms with Crippen LogP contribution in [0.25, 0.3) is 0 Å². The van der Waals surface area contributed by atoms with E-state index in [0.29, 0.717) is 24.7 Å². The Balaban J connectivity index is 1.75. The second kappa shape index (κ2) is 5.19. The first kappa shape index (κ1) is 12.6. The Morgan fingerprint density at radius 1 is 1.47 bits per heavy atom. The molecule has 1 aromatic heterocycles. The minimum Gasteiger partial charge on any atom is -0.370 e. The molecule has 0 radical (unpaired) electrons. The van der Waals surface area contributed by atoms with Crippen LogP contribution in [0.3, 0.4) is 0 Å². The van der Waals surface area contributed by atoms with Gasteiger partial charge in [-0.2, -0.15) is 0 Å². The highest BCUT2D eigenvalue weighted by atomic mass is 16.5. The van der Waals surface area contributed by atoms with Crippen molar-refractivity contribution >= 4 is 0 Å². The van der Waals surface area contributed by atoms with E-state index < -0.39 is 0 Å². The highest BCUT2D eigenvalue weighted by Crippen LogP contribution is 2.36. The summed E-state index contributed by atoms with van der Waals surface area (Å²) in [5, 5.41) is 3.84. The zero-order valence-electron chi connectivity index (χ0n) is 10.7. The largest absolute Gasteiger partial charge is 0.370 e. The summed E-state index contributed by atoms with van der Waals surface area (Å²) in [5.41, 5.74) is 6.74. The minimum atomic E-state index is 0.370. The van der Waals surface area contributed by atoms with E-state index in [1.807, 2.05) is 6.07 Å². The van der Waals surface area contributed by atoms with Crippen molar-refractivity contribution in [2.45, 2.75) is 58.8 Å². The van der Waals surface area contributed by atoms with Gasteiger partial charge in [0.2, 0.25) is 0 Å². The standard InChI is InChI=1S/C13H22N2O2/c1-13(2)5-3-11(4-6-13)16-9-12-7-10(8-14)15-17-12/h7,11H,3-6,8-9,14H2,1-2H3. The molecule has 1 heterocycles. The summed E-state index contributed by atoms with van der Waals surface area (Å²) in [6, 6.07) is 1.87. The highest BCUT2D eigenvalue weighted by molar-refractivity contribution is 5.03. The molecule has 0 amide bonds. The third-order valence-corrected chi connectivity index (χ3v) is 3.56. The molecule has 0 atom stereocenters. The van der Waals surface area contributed by atoms with Gasteiger partial charge in [-0.3, -0.25) is 0 Å². The number of hydrogen-bond donors (Lipinski definition) is 1. The first-order valence-electron chi connectivity index (χ1n) is 6.35. The predicted octanol–water partition coefficient (Wildman–Crippen LogP) is 2.62. The predicted molar refractivity (Wildman–Crippen MR) is 65.2 cm³/mol. The van der Waals surface area contributed by atoms with Gasteiger partial charge in [0.25, 0.3) is 0 Å². The minimum absolute atomic E-state index is 0.370. The van der Waals surface area contributed by atoms with E-state index in [1.165, 1.54) is 12.8 Å². The number of nitrogens with zero attached hydrogens (tertiary/aromatic N) is 1. The molecule has 0 aromatic carbocycles. The number of hydrogen-bond acceptors (Lipinski definition) is 4. The van der Waals surface area contributed by atoms with Crippen LogP contribution in [0.5, 0.6) is 0 Å². The van der Waals surface area contributed by atoms with Crippen molar-refractivity contribution in [1.29, 1.82) is 0 Å². The van der Waals surface area contributed by atoms with Crippen molar-refractivity contribution in [3.05, 3.63) is 17.5 Å². The zero-order chi connectivity index (χ0) is 12.3. The maximum atomic E-state index is 5.85. The lowest BCUT2D eigenvalue weighted by Gasteiger charge is -2.33. The molecule has 1 saturated carbocycles. The Morgan fingerprint density at radius 3 is 2.76 bits per heavy atom. The molecule has 2 rings (SSSR count). The quantitative estimate of drug-likeness (QED) is 0.876. The third-order valence-electron chi connectivity index (χ3n) is 3.56. The summed E-state index contributed by atoms with van der Waals surface area (Å²) in [6.07, 6.45) is 5.13. The molecule has 0 spiro atoms. The first-order valence-corrected chi connectivity index (χ1v) is 6.35. The molecule has 1 aliphatic carbocycles. The Kier molecular flexibility index (Phi) is 3.84. The van der Waals surface area contributed by atoms with Crippen molar-refractivity contribution in [3.63, 3.8) is 0 Å². The van der Waals surface area contributed by atoms with Gasteiger partial charge in [0, 0.05) is 12.6 Å². The number of rotatable bonds is 4. The molecule has 4 nitrogen and oxygen atoms in total. The van der Waals surface area contributed by atoms with Crippen molar-refractivity contribution in [3.8, 4) is 0 Å². The van der Waals surface area contributed by atoms with Crippen LogP contribution in [0.4, 0.5) is 0 Å². The highest BCUT2D eigenvalue weighted by Gasteiger charge is 2.27. The van der Waals surface area contributed by atoms with Crippen LogP contribution in [0.1, 0.15) is 51.0 Å². The van der Waals surface area contributed by atoms with Crippen LogP contribution < -0.4 is 5.73 Å². The van der Waals surface area contributed by atoms with Crippen molar-refractivity contribution in [2.24, 2.45) is 11.1 Å². The normalized spacial score (nSPS) is 20.6. The Labute approximate surface area is 102 Å². The zero-order valence-corrected chi connectivity index (χ0v) is 10.7. The monoisotopic (exact) mass is 238 g/mol. The molecule has 0 saturated heterocycles. The van der Waals surface area contributed by atoms with Crippen molar-refractivity contribution in [1.82, 2.24) is 5.16 Å². The van der Waals surface area contributed by atoms with E-state index in [-0.39, 0.29) is 0 Å². The molecule has 1 aliphatic rings. The van der Waals surface area contributed by atoms with Gasteiger partial charge in [0.1, 0.15) is 6.61 Å². The SMILES string of the molecule is CC1(C)CCC(OCc2cc(CN)no2)CC1. The van der Waals surface area contributed by atoms with Gasteiger partial charge < -0.3 is 15.0 Å². The molecule has 0 bridgehead atoms. The van der Waals surface area contributed by atoms with Gasteiger partial charge in [-0.25, -0.2) is 0 Å². The maximum absolute atomic E-state index is 5.85. The summed E-state index contributed by atoms with van der Waals surface area (Å²) in [4.78, 5) is 0. The topological polar surface area (TPSA) is 61.3 Å². The summed E-state index contributed by atoms with van der Waals surface area (Å²) in [7, 11) is 0. The average Bonchev–Trinajstić information content (AvgIpc) is 2.75. The summed E-state index contributed by atoms with van der Waals surface area (Å²) >= 11 is 0. The van der Waals surface area contributed by atoms with Gasteiger partial charge in [-0.15, -0.1) is 0 Å². The van der Waals surface area contributed by atoms with E-state index in [4.69, 9.17) is 15.0 Å². The van der Waals surface area contributed by atoms with E-state index in [2.05, 4.69) is 19.0 Å². The van der Waals surface area contributed by atoms with Crippen LogP contribution in [0.15, 0.2) is 10.6 Å². The summed E-state index contributed by atoms with van der Waals surface area (Å²) in [6.45, 7) is 5.58. The van der Waals surface area contributed by atoms with Gasteiger partial charge in [-0.1, -0.05) is 19.0 Å². The van der Waals surface area contributed by atoms with Gasteiger partial charge in [0.15, 0.2) is 5.76 Å². The molecule has 0 aliphatic heterocycles. The lowest BCUT2D eigenvalue weighted by molar-refractivity contribution is -0.0136. The smallest absolute Gasteiger partial charge is 0.162 e. The average molecular weight is 238 g/mol. The molecular formula is C13H22N2O2. The van der Waals surface area contributed by atoms with E-state index in [9.17, 15) is 0 Å². The van der Waals surface area contributed by atoms with Crippen LogP contribution in [0, 0.1) is 5.41 Å². The Morgan fingerprint density at radius 2 is 2.18 bits per heavy atom. The Hall–Kier alpha value is -0.870. The van der Waals surface area contributed by atoms with Crippen molar-refractivity contribution in [2.75, 3.05) is 0 Å². The fourth-order valence-electron chi connectivity index (χ4n) is 2.26. The van der Waals surface area contributed by atoms with Gasteiger partial charge >= 0.3 is 0 Å². The molecule has 17 heavy (non-hydrogen) atoms. The van der Waals surface area contributed by atoms with Crippen LogP contribution in [-0.4, -0.2) is 11.3 Å². The lowest BCUT2D eigenvalue weighted by Crippen LogP contribution is -2.26. The number of ether oxygens (including phenoxy) is 1. The molecule has 2 N–H and O–H groups in total. The number of nitrogens with two attached hydrogens (primary N) is 1. The molecular weight excluding hydrogens is 216 g/mol. The van der Waals surface area contributed by atoms with Crippen LogP contribution in [-0.2, 0) is 17.9 Å². The number of aromatic nitrogens is 1. The van der Waals surface area contributed by atoms with E-state index in [0.717, 1.165) is 24.3 Å².